The molecule has 0 atom stereocenters. The average molecular weight is 389 g/mol. The minimum absolute atomic E-state index is 0.0799. The number of non-ortho nitro benzene ring substituents is 1. The Bertz CT molecular complexity index is 968. The van der Waals surface area contributed by atoms with Crippen LogP contribution in [0.3, 0.4) is 0 Å². The topological polar surface area (TPSA) is 143 Å². The number of nitro benzene ring substituents is 1. The molecule has 2 heterocycles. The fourth-order valence-corrected chi connectivity index (χ4v) is 3.03. The molecule has 138 valence electrons. The van der Waals surface area contributed by atoms with E-state index in [1.54, 1.807) is 12.1 Å². The number of nitrogens with zero attached hydrogens (tertiary/aromatic N) is 2. The number of aromatic hydroxyl groups is 1. The Hall–Kier alpha value is -3.60. The maximum Gasteiger partial charge on any atom is 0.294 e. The van der Waals surface area contributed by atoms with Crippen molar-refractivity contribution in [1.82, 2.24) is 4.90 Å². The molecule has 10 nitrogen and oxygen atoms in total. The third-order valence-electron chi connectivity index (χ3n) is 3.46. The summed E-state index contributed by atoms with van der Waals surface area (Å²) in [5, 5.41) is 22.1. The van der Waals surface area contributed by atoms with E-state index in [9.17, 15) is 29.6 Å². The highest BCUT2D eigenvalue weighted by Gasteiger charge is 2.36. The highest BCUT2D eigenvalue weighted by molar-refractivity contribution is 8.18. The molecule has 3 amide bonds. The highest BCUT2D eigenvalue weighted by Crippen LogP contribution is 2.32. The van der Waals surface area contributed by atoms with Crippen molar-refractivity contribution in [3.05, 3.63) is 57.4 Å². The predicted octanol–water partition coefficient (Wildman–Crippen LogP) is 2.57. The van der Waals surface area contributed by atoms with E-state index < -0.39 is 34.3 Å². The fraction of sp³-hybridized carbons (Fsp3) is 0.0625. The molecule has 1 fully saturated rings. The van der Waals surface area contributed by atoms with Gasteiger partial charge in [-0.2, -0.15) is 0 Å². The van der Waals surface area contributed by atoms with Crippen LogP contribution in [0.4, 0.5) is 16.2 Å². The van der Waals surface area contributed by atoms with E-state index >= 15 is 0 Å². The first kappa shape index (κ1) is 18.2. The summed E-state index contributed by atoms with van der Waals surface area (Å²) in [5.41, 5.74) is -0.428. The number of rotatable bonds is 5. The number of carbonyl (C=O) groups is 3. The van der Waals surface area contributed by atoms with Gasteiger partial charge < -0.3 is 14.8 Å². The zero-order valence-corrected chi connectivity index (χ0v) is 14.3. The Balaban J connectivity index is 1.68. The Morgan fingerprint density at radius 2 is 2.15 bits per heavy atom. The van der Waals surface area contributed by atoms with Crippen LogP contribution in [0.5, 0.6) is 5.75 Å². The summed E-state index contributed by atoms with van der Waals surface area (Å²) in [7, 11) is 0. The number of hydrogen-bond acceptors (Lipinski definition) is 8. The van der Waals surface area contributed by atoms with Crippen LogP contribution in [0, 0.1) is 10.1 Å². The van der Waals surface area contributed by atoms with Gasteiger partial charge in [0.1, 0.15) is 18.1 Å². The second kappa shape index (κ2) is 7.33. The van der Waals surface area contributed by atoms with Crippen LogP contribution in [0.25, 0.3) is 6.08 Å². The van der Waals surface area contributed by atoms with Crippen molar-refractivity contribution in [3.8, 4) is 5.75 Å². The first-order chi connectivity index (χ1) is 12.8. The standard InChI is InChI=1S/C16H11N3O7S/c20-12-6-9(19(24)25)3-4-11(12)17-14(21)8-18-15(22)13(27-16(18)23)7-10-2-1-5-26-10/h1-7,20H,8H2,(H,17,21)/b13-7-. The van der Waals surface area contributed by atoms with E-state index in [-0.39, 0.29) is 16.3 Å². The Labute approximate surface area is 155 Å². The molecule has 11 heteroatoms. The van der Waals surface area contributed by atoms with E-state index in [4.69, 9.17) is 4.42 Å². The molecule has 0 saturated carbocycles. The van der Waals surface area contributed by atoms with E-state index in [1.807, 2.05) is 0 Å². The van der Waals surface area contributed by atoms with Gasteiger partial charge in [0.2, 0.25) is 5.91 Å². The van der Waals surface area contributed by atoms with Crippen LogP contribution in [-0.4, -0.2) is 38.5 Å². The number of thioether (sulfide) groups is 1. The number of phenols is 1. The number of imide groups is 1. The molecule has 1 saturated heterocycles. The van der Waals surface area contributed by atoms with Gasteiger partial charge in [0.25, 0.3) is 16.8 Å². The number of phenolic OH excluding ortho intramolecular Hbond substituents is 1. The molecule has 27 heavy (non-hydrogen) atoms. The van der Waals surface area contributed by atoms with Gasteiger partial charge in [0.05, 0.1) is 27.8 Å². The average Bonchev–Trinajstić information content (AvgIpc) is 3.21. The van der Waals surface area contributed by atoms with Gasteiger partial charge in [-0.05, 0) is 30.0 Å². The van der Waals surface area contributed by atoms with Crippen LogP contribution in [0.1, 0.15) is 5.76 Å². The van der Waals surface area contributed by atoms with Gasteiger partial charge in [-0.15, -0.1) is 0 Å². The number of nitrogens with one attached hydrogen (secondary N) is 1. The molecule has 0 spiro atoms. The van der Waals surface area contributed by atoms with Gasteiger partial charge in [0.15, 0.2) is 0 Å². The minimum atomic E-state index is -0.749. The summed E-state index contributed by atoms with van der Waals surface area (Å²) in [6.07, 6.45) is 2.81. The maximum atomic E-state index is 12.3. The maximum absolute atomic E-state index is 12.3. The first-order valence-electron chi connectivity index (χ1n) is 7.41. The number of benzene rings is 1. The van der Waals surface area contributed by atoms with E-state index in [0.29, 0.717) is 17.5 Å². The number of nitro groups is 1. The highest BCUT2D eigenvalue weighted by atomic mass is 32.2. The van der Waals surface area contributed by atoms with Gasteiger partial charge in [-0.25, -0.2) is 0 Å². The third kappa shape index (κ3) is 3.98. The van der Waals surface area contributed by atoms with Gasteiger partial charge in [-0.3, -0.25) is 29.4 Å². The molecule has 2 N–H and O–H groups in total. The van der Waals surface area contributed by atoms with Crippen molar-refractivity contribution >= 4 is 46.3 Å². The summed E-state index contributed by atoms with van der Waals surface area (Å²) in [6, 6.07) is 6.36. The van der Waals surface area contributed by atoms with Crippen molar-refractivity contribution < 1.29 is 28.8 Å². The molecule has 3 rings (SSSR count). The monoisotopic (exact) mass is 389 g/mol. The van der Waals surface area contributed by atoms with Gasteiger partial charge in [0, 0.05) is 12.1 Å². The molecular weight excluding hydrogens is 378 g/mol. The lowest BCUT2D eigenvalue weighted by atomic mass is 10.2. The second-order valence-corrected chi connectivity index (χ2v) is 6.28. The van der Waals surface area contributed by atoms with Gasteiger partial charge >= 0.3 is 0 Å². The van der Waals surface area contributed by atoms with Crippen LogP contribution < -0.4 is 5.32 Å². The molecule has 1 aliphatic rings. The lowest BCUT2D eigenvalue weighted by Crippen LogP contribution is -2.36. The Kier molecular flexibility index (Phi) is 4.94. The second-order valence-electron chi connectivity index (χ2n) is 5.29. The van der Waals surface area contributed by atoms with Gasteiger partial charge in [-0.1, -0.05) is 0 Å². The van der Waals surface area contributed by atoms with Crippen molar-refractivity contribution in [3.63, 3.8) is 0 Å². The van der Waals surface area contributed by atoms with E-state index in [0.717, 1.165) is 23.1 Å². The molecule has 0 unspecified atom stereocenters. The molecule has 1 aromatic heterocycles. The quantitative estimate of drug-likeness (QED) is 0.344. The molecular formula is C16H11N3O7S. The lowest BCUT2D eigenvalue weighted by molar-refractivity contribution is -0.384. The van der Waals surface area contributed by atoms with E-state index in [1.165, 1.54) is 12.3 Å². The van der Waals surface area contributed by atoms with Crippen LogP contribution in [0.2, 0.25) is 0 Å². The SMILES string of the molecule is O=C(CN1C(=O)S/C(=C\c2ccco2)C1=O)Nc1ccc([N+](=O)[O-])cc1O. The summed E-state index contributed by atoms with van der Waals surface area (Å²) in [4.78, 5) is 47.2. The van der Waals surface area contributed by atoms with Crippen LogP contribution >= 0.6 is 11.8 Å². The first-order valence-corrected chi connectivity index (χ1v) is 8.23. The molecule has 1 aromatic carbocycles. The molecule has 0 aliphatic carbocycles. The number of carbonyl (C=O) groups excluding carboxylic acids is 3. The fourth-order valence-electron chi connectivity index (χ4n) is 2.21. The minimum Gasteiger partial charge on any atom is -0.506 e. The summed E-state index contributed by atoms with van der Waals surface area (Å²) >= 11 is 0.671. The number of hydrogen-bond donors (Lipinski definition) is 2. The number of furan rings is 1. The predicted molar refractivity (Wildman–Crippen MR) is 94.8 cm³/mol. The summed E-state index contributed by atoms with van der Waals surface area (Å²) < 4.78 is 5.09. The van der Waals surface area contributed by atoms with Crippen molar-refractivity contribution in [2.75, 3.05) is 11.9 Å². The molecule has 2 aromatic rings. The summed E-state index contributed by atoms with van der Waals surface area (Å²) in [6.45, 7) is -0.573. The van der Waals surface area contributed by atoms with Crippen molar-refractivity contribution in [1.29, 1.82) is 0 Å². The third-order valence-corrected chi connectivity index (χ3v) is 4.37. The lowest BCUT2D eigenvalue weighted by Gasteiger charge is -2.13. The zero-order valence-electron chi connectivity index (χ0n) is 13.4. The van der Waals surface area contributed by atoms with Crippen LogP contribution in [0.15, 0.2) is 45.9 Å². The Morgan fingerprint density at radius 1 is 1.37 bits per heavy atom. The Morgan fingerprint density at radius 3 is 2.78 bits per heavy atom. The molecule has 0 bridgehead atoms. The molecule has 1 aliphatic heterocycles. The van der Waals surface area contributed by atoms with E-state index in [2.05, 4.69) is 5.32 Å². The smallest absolute Gasteiger partial charge is 0.294 e. The number of amides is 3. The van der Waals surface area contributed by atoms with Crippen LogP contribution in [-0.2, 0) is 9.59 Å². The van der Waals surface area contributed by atoms with Crippen molar-refractivity contribution in [2.45, 2.75) is 0 Å². The van der Waals surface area contributed by atoms with Crippen molar-refractivity contribution in [2.24, 2.45) is 0 Å². The zero-order chi connectivity index (χ0) is 19.6. The molecule has 0 radical (unpaired) electrons. The largest absolute Gasteiger partial charge is 0.506 e. The number of anilines is 1. The summed E-state index contributed by atoms with van der Waals surface area (Å²) in [5.74, 6) is -1.52. The normalized spacial score (nSPS) is 15.4.